The molecule has 2 heterocycles. The lowest BCUT2D eigenvalue weighted by molar-refractivity contribution is 0.198. The molecule has 18 heavy (non-hydrogen) atoms. The first-order valence-electron chi connectivity index (χ1n) is 7.59. The average molecular weight is 251 g/mol. The van der Waals surface area contributed by atoms with Crippen LogP contribution in [-0.4, -0.2) is 43.2 Å². The molecule has 2 saturated heterocycles. The van der Waals surface area contributed by atoms with Gasteiger partial charge in [0.2, 0.25) is 0 Å². The summed E-state index contributed by atoms with van der Waals surface area (Å²) in [5.41, 5.74) is 0. The maximum atomic E-state index is 12.3. The third-order valence-electron chi connectivity index (χ3n) is 4.89. The SMILES string of the molecule is O=C(NC1CCCCC1)N1CC2CCNCC2C1. The lowest BCUT2D eigenvalue weighted by Gasteiger charge is -2.26. The van der Waals surface area contributed by atoms with Crippen LogP contribution in [-0.2, 0) is 0 Å². The molecule has 0 spiro atoms. The van der Waals surface area contributed by atoms with E-state index in [4.69, 9.17) is 0 Å². The van der Waals surface area contributed by atoms with Crippen molar-refractivity contribution < 1.29 is 4.79 Å². The number of carbonyl (C=O) groups is 1. The second-order valence-electron chi connectivity index (χ2n) is 6.20. The van der Waals surface area contributed by atoms with Gasteiger partial charge >= 0.3 is 6.03 Å². The fourth-order valence-corrected chi connectivity index (χ4v) is 3.75. The van der Waals surface area contributed by atoms with E-state index in [0.717, 1.165) is 32.1 Å². The van der Waals surface area contributed by atoms with Crippen molar-refractivity contribution in [1.29, 1.82) is 0 Å². The smallest absolute Gasteiger partial charge is 0.317 e. The lowest BCUT2D eigenvalue weighted by atomic mass is 9.90. The summed E-state index contributed by atoms with van der Waals surface area (Å²) in [5, 5.41) is 6.68. The zero-order chi connectivity index (χ0) is 12.4. The first kappa shape index (κ1) is 12.3. The number of fused-ring (bicyclic) bond motifs is 1. The van der Waals surface area contributed by atoms with Gasteiger partial charge in [0, 0.05) is 19.1 Å². The summed E-state index contributed by atoms with van der Waals surface area (Å²) in [6, 6.07) is 0.628. The van der Waals surface area contributed by atoms with Crippen LogP contribution in [0.1, 0.15) is 38.5 Å². The molecular formula is C14H25N3O. The van der Waals surface area contributed by atoms with Crippen molar-refractivity contribution in [1.82, 2.24) is 15.5 Å². The van der Waals surface area contributed by atoms with Gasteiger partial charge < -0.3 is 15.5 Å². The van der Waals surface area contributed by atoms with Crippen molar-refractivity contribution in [3.63, 3.8) is 0 Å². The van der Waals surface area contributed by atoms with E-state index in [9.17, 15) is 4.79 Å². The van der Waals surface area contributed by atoms with Gasteiger partial charge in [-0.1, -0.05) is 19.3 Å². The Morgan fingerprint density at radius 2 is 1.83 bits per heavy atom. The monoisotopic (exact) mass is 251 g/mol. The van der Waals surface area contributed by atoms with Crippen LogP contribution in [0.15, 0.2) is 0 Å². The molecule has 0 aromatic rings. The fourth-order valence-electron chi connectivity index (χ4n) is 3.75. The van der Waals surface area contributed by atoms with Crippen molar-refractivity contribution in [2.75, 3.05) is 26.2 Å². The van der Waals surface area contributed by atoms with Crippen LogP contribution in [0.5, 0.6) is 0 Å². The number of hydrogen-bond acceptors (Lipinski definition) is 2. The highest BCUT2D eigenvalue weighted by Gasteiger charge is 2.36. The molecule has 2 N–H and O–H groups in total. The molecule has 0 bridgehead atoms. The molecule has 102 valence electrons. The number of rotatable bonds is 1. The lowest BCUT2D eigenvalue weighted by Crippen LogP contribution is -2.44. The minimum Gasteiger partial charge on any atom is -0.335 e. The molecule has 2 atom stereocenters. The number of piperidine rings is 1. The van der Waals surface area contributed by atoms with Gasteiger partial charge in [-0.2, -0.15) is 0 Å². The van der Waals surface area contributed by atoms with Gasteiger partial charge in [0.05, 0.1) is 0 Å². The van der Waals surface area contributed by atoms with Crippen LogP contribution in [0.3, 0.4) is 0 Å². The summed E-state index contributed by atoms with van der Waals surface area (Å²) in [5.74, 6) is 1.43. The molecule has 4 heteroatoms. The fraction of sp³-hybridized carbons (Fsp3) is 0.929. The van der Waals surface area contributed by atoms with Gasteiger partial charge in [-0.3, -0.25) is 0 Å². The summed E-state index contributed by atoms with van der Waals surface area (Å²) in [7, 11) is 0. The number of likely N-dealkylation sites (tertiary alicyclic amines) is 1. The van der Waals surface area contributed by atoms with Crippen LogP contribution >= 0.6 is 0 Å². The van der Waals surface area contributed by atoms with Gasteiger partial charge in [-0.15, -0.1) is 0 Å². The van der Waals surface area contributed by atoms with Crippen molar-refractivity contribution in [2.45, 2.75) is 44.6 Å². The number of urea groups is 1. The zero-order valence-electron chi connectivity index (χ0n) is 11.2. The molecule has 4 nitrogen and oxygen atoms in total. The highest BCUT2D eigenvalue weighted by atomic mass is 16.2. The number of amides is 2. The molecule has 0 radical (unpaired) electrons. The maximum Gasteiger partial charge on any atom is 0.317 e. The quantitative estimate of drug-likeness (QED) is 0.743. The second-order valence-corrected chi connectivity index (χ2v) is 6.20. The molecule has 1 aliphatic carbocycles. The number of hydrogen-bond donors (Lipinski definition) is 2. The Morgan fingerprint density at radius 1 is 1.06 bits per heavy atom. The Hall–Kier alpha value is -0.770. The van der Waals surface area contributed by atoms with Crippen molar-refractivity contribution in [3.8, 4) is 0 Å². The van der Waals surface area contributed by atoms with Crippen molar-refractivity contribution in [3.05, 3.63) is 0 Å². The summed E-state index contributed by atoms with van der Waals surface area (Å²) >= 11 is 0. The Labute approximate surface area is 109 Å². The van der Waals surface area contributed by atoms with E-state index in [1.807, 2.05) is 0 Å². The molecule has 3 fully saturated rings. The third kappa shape index (κ3) is 2.63. The largest absolute Gasteiger partial charge is 0.335 e. The molecule has 1 saturated carbocycles. The van der Waals surface area contributed by atoms with Crippen molar-refractivity contribution in [2.24, 2.45) is 11.8 Å². The average Bonchev–Trinajstić information content (AvgIpc) is 2.84. The van der Waals surface area contributed by atoms with E-state index in [1.54, 1.807) is 0 Å². The molecular weight excluding hydrogens is 226 g/mol. The standard InChI is InChI=1S/C14H25N3O/c18-14(16-13-4-2-1-3-5-13)17-9-11-6-7-15-8-12(11)10-17/h11-13,15H,1-10H2,(H,16,18). The van der Waals surface area contributed by atoms with E-state index in [2.05, 4.69) is 15.5 Å². The van der Waals surface area contributed by atoms with E-state index >= 15 is 0 Å². The summed E-state index contributed by atoms with van der Waals surface area (Å²) in [4.78, 5) is 14.3. The molecule has 2 unspecified atom stereocenters. The Balaban J connectivity index is 1.50. The Bertz CT molecular complexity index is 287. The number of carbonyl (C=O) groups excluding carboxylic acids is 1. The van der Waals surface area contributed by atoms with Gasteiger partial charge in [0.25, 0.3) is 0 Å². The summed E-state index contributed by atoms with van der Waals surface area (Å²) in [6.45, 7) is 4.15. The van der Waals surface area contributed by atoms with Gasteiger partial charge in [0.15, 0.2) is 0 Å². The van der Waals surface area contributed by atoms with Gasteiger partial charge in [0.1, 0.15) is 0 Å². The molecule has 0 aromatic carbocycles. The van der Waals surface area contributed by atoms with Crippen LogP contribution < -0.4 is 10.6 Å². The number of nitrogens with zero attached hydrogens (tertiary/aromatic N) is 1. The van der Waals surface area contributed by atoms with Gasteiger partial charge in [-0.25, -0.2) is 4.79 Å². The molecule has 3 aliphatic rings. The molecule has 0 aromatic heterocycles. The predicted octanol–water partition coefficient (Wildman–Crippen LogP) is 1.57. The minimum absolute atomic E-state index is 0.191. The van der Waals surface area contributed by atoms with E-state index in [1.165, 1.54) is 38.5 Å². The van der Waals surface area contributed by atoms with Crippen LogP contribution in [0.2, 0.25) is 0 Å². The van der Waals surface area contributed by atoms with Gasteiger partial charge in [-0.05, 0) is 44.2 Å². The normalized spacial score (nSPS) is 33.2. The first-order valence-corrected chi connectivity index (χ1v) is 7.59. The maximum absolute atomic E-state index is 12.3. The van der Waals surface area contributed by atoms with Crippen LogP contribution in [0.25, 0.3) is 0 Å². The molecule has 3 rings (SSSR count). The first-order chi connectivity index (χ1) is 8.83. The topological polar surface area (TPSA) is 44.4 Å². The zero-order valence-corrected chi connectivity index (χ0v) is 11.2. The van der Waals surface area contributed by atoms with Crippen molar-refractivity contribution >= 4 is 6.03 Å². The Kier molecular flexibility index (Phi) is 3.73. The molecule has 2 amide bonds. The number of nitrogens with one attached hydrogen (secondary N) is 2. The van der Waals surface area contributed by atoms with Crippen LogP contribution in [0, 0.1) is 11.8 Å². The third-order valence-corrected chi connectivity index (χ3v) is 4.89. The van der Waals surface area contributed by atoms with E-state index < -0.39 is 0 Å². The van der Waals surface area contributed by atoms with E-state index in [-0.39, 0.29) is 6.03 Å². The highest BCUT2D eigenvalue weighted by molar-refractivity contribution is 5.74. The molecule has 2 aliphatic heterocycles. The van der Waals surface area contributed by atoms with E-state index in [0.29, 0.717) is 12.0 Å². The summed E-state index contributed by atoms with van der Waals surface area (Å²) in [6.07, 6.45) is 7.48. The predicted molar refractivity (Wildman–Crippen MR) is 71.4 cm³/mol. The van der Waals surface area contributed by atoms with Crippen LogP contribution in [0.4, 0.5) is 4.79 Å². The summed E-state index contributed by atoms with van der Waals surface area (Å²) < 4.78 is 0. The minimum atomic E-state index is 0.191. The second kappa shape index (κ2) is 5.47. The Morgan fingerprint density at radius 3 is 2.61 bits per heavy atom. The highest BCUT2D eigenvalue weighted by Crippen LogP contribution is 2.28.